The van der Waals surface area contributed by atoms with Crippen molar-refractivity contribution in [2.75, 3.05) is 0 Å². The third kappa shape index (κ3) is 4.65. The smallest absolute Gasteiger partial charge is 0.177 e. The van der Waals surface area contributed by atoms with Gasteiger partial charge in [0.2, 0.25) is 0 Å². The predicted octanol–water partition coefficient (Wildman–Crippen LogP) is 5.45. The molecule has 0 aliphatic carbocycles. The molecule has 0 saturated heterocycles. The highest BCUT2D eigenvalue weighted by Gasteiger charge is 2.40. The highest BCUT2D eigenvalue weighted by molar-refractivity contribution is 8.01. The molecule has 0 bridgehead atoms. The van der Waals surface area contributed by atoms with Gasteiger partial charge in [-0.05, 0) is 36.7 Å². The zero-order valence-corrected chi connectivity index (χ0v) is 19.6. The molecule has 6 nitrogen and oxygen atoms in total. The minimum Gasteiger partial charge on any atom is -0.382 e. The van der Waals surface area contributed by atoms with Gasteiger partial charge >= 0.3 is 0 Å². The zero-order chi connectivity index (χ0) is 22.9. The second-order valence-corrected chi connectivity index (χ2v) is 10.0. The van der Waals surface area contributed by atoms with Gasteiger partial charge in [0.25, 0.3) is 0 Å². The molecule has 12 heteroatoms. The van der Waals surface area contributed by atoms with E-state index in [0.29, 0.717) is 25.8 Å². The number of benzene rings is 2. The molecule has 2 aromatic carbocycles. The standard InChI is InChI=1S/C20H15Cl2F2N5OS2/c1-11(31-19-27-18(28-32-19)17-14(21)3-2-4-15(17)22)20(30,8-29-10-25-9-26-29)13-6-5-12(23)7-16(13)24/h2-7,9-11,30H,8H2,1H3/t11-,20-/m1/s1. The first-order valence-corrected chi connectivity index (χ1v) is 11.6. The minimum absolute atomic E-state index is 0.0618. The summed E-state index contributed by atoms with van der Waals surface area (Å²) in [5, 5.41) is 15.8. The summed E-state index contributed by atoms with van der Waals surface area (Å²) < 4.78 is 34.4. The molecule has 2 heterocycles. The number of hydrogen-bond donors (Lipinski definition) is 1. The molecule has 2 aromatic heterocycles. The number of rotatable bonds is 7. The zero-order valence-electron chi connectivity index (χ0n) is 16.4. The van der Waals surface area contributed by atoms with E-state index >= 15 is 0 Å². The maximum Gasteiger partial charge on any atom is 0.177 e. The lowest BCUT2D eigenvalue weighted by Gasteiger charge is -2.33. The van der Waals surface area contributed by atoms with Crippen LogP contribution < -0.4 is 0 Å². The number of hydrogen-bond acceptors (Lipinski definition) is 7. The van der Waals surface area contributed by atoms with Crippen molar-refractivity contribution in [2.24, 2.45) is 0 Å². The highest BCUT2D eigenvalue weighted by atomic mass is 35.5. The van der Waals surface area contributed by atoms with E-state index < -0.39 is 22.5 Å². The molecule has 0 aliphatic rings. The van der Waals surface area contributed by atoms with Crippen molar-refractivity contribution in [3.8, 4) is 11.4 Å². The maximum absolute atomic E-state index is 14.7. The van der Waals surface area contributed by atoms with Gasteiger partial charge in [-0.3, -0.25) is 0 Å². The van der Waals surface area contributed by atoms with Gasteiger partial charge in [0.05, 0.1) is 22.2 Å². The highest BCUT2D eigenvalue weighted by Crippen LogP contribution is 2.41. The van der Waals surface area contributed by atoms with Crippen LogP contribution in [0.1, 0.15) is 12.5 Å². The summed E-state index contributed by atoms with van der Waals surface area (Å²) in [5.74, 6) is -1.24. The van der Waals surface area contributed by atoms with E-state index in [-0.39, 0.29) is 12.1 Å². The Bertz CT molecular complexity index is 1220. The Labute approximate surface area is 200 Å². The van der Waals surface area contributed by atoms with Crippen molar-refractivity contribution in [1.82, 2.24) is 24.1 Å². The quantitative estimate of drug-likeness (QED) is 0.331. The SMILES string of the molecule is C[C@@H](Sc1nc(-c2c(Cl)cccc2Cl)ns1)[C@](O)(Cn1cncn1)c1ccc(F)cc1F. The number of aliphatic hydroxyl groups is 1. The fraction of sp³-hybridized carbons (Fsp3) is 0.200. The molecule has 1 N–H and O–H groups in total. The molecule has 0 amide bonds. The molecule has 4 rings (SSSR count). The van der Waals surface area contributed by atoms with Crippen molar-refractivity contribution in [3.63, 3.8) is 0 Å². The molecule has 0 unspecified atom stereocenters. The Balaban J connectivity index is 1.66. The maximum atomic E-state index is 14.7. The van der Waals surface area contributed by atoms with Crippen LogP contribution in [0.4, 0.5) is 8.78 Å². The molecular weight excluding hydrogens is 499 g/mol. The van der Waals surface area contributed by atoms with Gasteiger partial charge in [-0.1, -0.05) is 47.1 Å². The molecule has 0 spiro atoms. The van der Waals surface area contributed by atoms with Gasteiger partial charge in [-0.25, -0.2) is 23.4 Å². The first-order chi connectivity index (χ1) is 15.3. The van der Waals surface area contributed by atoms with E-state index in [1.807, 2.05) is 0 Å². The van der Waals surface area contributed by atoms with E-state index in [0.717, 1.165) is 23.7 Å². The summed E-state index contributed by atoms with van der Waals surface area (Å²) in [6.07, 6.45) is 2.72. The van der Waals surface area contributed by atoms with Crippen LogP contribution in [0, 0.1) is 11.6 Å². The summed E-state index contributed by atoms with van der Waals surface area (Å²) in [6, 6.07) is 8.17. The first kappa shape index (κ1) is 23.1. The Kier molecular flexibility index (Phi) is 6.78. The minimum atomic E-state index is -1.76. The molecule has 0 fully saturated rings. The second kappa shape index (κ2) is 9.40. The molecule has 2 atom stereocenters. The van der Waals surface area contributed by atoms with Crippen molar-refractivity contribution in [1.29, 1.82) is 0 Å². The van der Waals surface area contributed by atoms with Gasteiger partial charge in [0, 0.05) is 16.9 Å². The van der Waals surface area contributed by atoms with E-state index in [4.69, 9.17) is 23.2 Å². The molecule has 0 saturated carbocycles. The average Bonchev–Trinajstić information content (AvgIpc) is 3.40. The van der Waals surface area contributed by atoms with Crippen molar-refractivity contribution >= 4 is 46.5 Å². The summed E-state index contributed by atoms with van der Waals surface area (Å²) in [4.78, 5) is 8.35. The van der Waals surface area contributed by atoms with E-state index in [1.165, 1.54) is 35.2 Å². The molecule has 4 aromatic rings. The van der Waals surface area contributed by atoms with Crippen LogP contribution >= 0.6 is 46.5 Å². The van der Waals surface area contributed by atoms with Gasteiger partial charge in [-0.15, -0.1) is 0 Å². The Hall–Kier alpha value is -2.11. The normalized spacial score (nSPS) is 14.3. The van der Waals surface area contributed by atoms with E-state index in [9.17, 15) is 13.9 Å². The Morgan fingerprint density at radius 3 is 2.62 bits per heavy atom. The van der Waals surface area contributed by atoms with Crippen molar-refractivity contribution < 1.29 is 13.9 Å². The first-order valence-electron chi connectivity index (χ1n) is 9.23. The van der Waals surface area contributed by atoms with E-state index in [1.54, 1.807) is 25.1 Å². The predicted molar refractivity (Wildman–Crippen MR) is 121 cm³/mol. The second-order valence-electron chi connectivity index (χ2n) is 6.88. The van der Waals surface area contributed by atoms with Crippen LogP contribution in [0.25, 0.3) is 11.4 Å². The fourth-order valence-corrected chi connectivity index (χ4v) is 5.70. The van der Waals surface area contributed by atoms with Crippen molar-refractivity contribution in [3.05, 3.63) is 76.3 Å². The summed E-state index contributed by atoms with van der Waals surface area (Å²) in [6.45, 7) is 1.61. The van der Waals surface area contributed by atoms with Crippen LogP contribution in [0.3, 0.4) is 0 Å². The summed E-state index contributed by atoms with van der Waals surface area (Å²) in [7, 11) is 0. The topological polar surface area (TPSA) is 76.7 Å². The molecule has 0 radical (unpaired) electrons. The largest absolute Gasteiger partial charge is 0.382 e. The Morgan fingerprint density at radius 2 is 1.97 bits per heavy atom. The average molecular weight is 514 g/mol. The summed E-state index contributed by atoms with van der Waals surface area (Å²) >= 11 is 14.8. The lowest BCUT2D eigenvalue weighted by atomic mass is 9.90. The van der Waals surface area contributed by atoms with Crippen LogP contribution in [-0.2, 0) is 12.1 Å². The molecule has 32 heavy (non-hydrogen) atoms. The number of halogens is 4. The Morgan fingerprint density at radius 1 is 1.22 bits per heavy atom. The third-order valence-corrected chi connectivity index (χ3v) is 7.50. The van der Waals surface area contributed by atoms with Crippen LogP contribution in [0.5, 0.6) is 0 Å². The molecule has 166 valence electrons. The van der Waals surface area contributed by atoms with Crippen LogP contribution in [0.2, 0.25) is 10.0 Å². The van der Waals surface area contributed by atoms with Crippen LogP contribution in [-0.4, -0.2) is 34.5 Å². The number of nitrogens with zero attached hydrogens (tertiary/aromatic N) is 5. The van der Waals surface area contributed by atoms with Crippen molar-refractivity contribution in [2.45, 2.75) is 28.7 Å². The van der Waals surface area contributed by atoms with E-state index in [2.05, 4.69) is 19.4 Å². The van der Waals surface area contributed by atoms with Gasteiger partial charge in [0.1, 0.15) is 29.9 Å². The molecule has 0 aliphatic heterocycles. The lowest BCUT2D eigenvalue weighted by molar-refractivity contribution is 0.0133. The van der Waals surface area contributed by atoms with Gasteiger partial charge in [0.15, 0.2) is 10.2 Å². The van der Waals surface area contributed by atoms with Gasteiger partial charge < -0.3 is 5.11 Å². The monoisotopic (exact) mass is 513 g/mol. The lowest BCUT2D eigenvalue weighted by Crippen LogP contribution is -2.41. The van der Waals surface area contributed by atoms with Crippen LogP contribution in [0.15, 0.2) is 53.4 Å². The molecular formula is C20H15Cl2F2N5OS2. The summed E-state index contributed by atoms with van der Waals surface area (Å²) in [5.41, 5.74) is -1.31. The number of aromatic nitrogens is 5. The number of thioether (sulfide) groups is 1. The third-order valence-electron chi connectivity index (χ3n) is 4.81. The fourth-order valence-electron chi connectivity index (χ4n) is 3.15. The van der Waals surface area contributed by atoms with Gasteiger partial charge in [-0.2, -0.15) is 9.47 Å².